The SMILES string of the molecule is COCCCOCCOCC1CNCC(C)O1. The number of rotatable bonds is 9. The zero-order valence-electron chi connectivity index (χ0n) is 10.9. The minimum atomic E-state index is 0.173. The van der Waals surface area contributed by atoms with Crippen LogP contribution in [-0.2, 0) is 18.9 Å². The Morgan fingerprint density at radius 2 is 1.94 bits per heavy atom. The van der Waals surface area contributed by atoms with Crippen LogP contribution in [0.4, 0.5) is 0 Å². The van der Waals surface area contributed by atoms with Crippen molar-refractivity contribution in [2.75, 3.05) is 53.2 Å². The smallest absolute Gasteiger partial charge is 0.0936 e. The fourth-order valence-electron chi connectivity index (χ4n) is 1.71. The zero-order chi connectivity index (χ0) is 12.3. The molecule has 0 spiro atoms. The highest BCUT2D eigenvalue weighted by atomic mass is 16.6. The summed E-state index contributed by atoms with van der Waals surface area (Å²) in [6.07, 6.45) is 1.39. The molecule has 0 saturated carbocycles. The molecule has 0 aliphatic carbocycles. The van der Waals surface area contributed by atoms with Gasteiger partial charge in [0.2, 0.25) is 0 Å². The standard InChI is InChI=1S/C12H25NO4/c1-11-8-13-9-12(17-11)10-16-7-6-15-5-3-4-14-2/h11-13H,3-10H2,1-2H3. The molecule has 1 aliphatic rings. The second-order valence-electron chi connectivity index (χ2n) is 4.26. The Kier molecular flexibility index (Phi) is 8.56. The van der Waals surface area contributed by atoms with E-state index < -0.39 is 0 Å². The van der Waals surface area contributed by atoms with Crippen molar-refractivity contribution in [2.45, 2.75) is 25.6 Å². The lowest BCUT2D eigenvalue weighted by atomic mass is 10.2. The molecule has 0 radical (unpaired) electrons. The number of ether oxygens (including phenoxy) is 4. The Hall–Kier alpha value is -0.200. The van der Waals surface area contributed by atoms with Crippen molar-refractivity contribution in [3.05, 3.63) is 0 Å². The van der Waals surface area contributed by atoms with E-state index in [4.69, 9.17) is 18.9 Å². The predicted molar refractivity (Wildman–Crippen MR) is 65.3 cm³/mol. The molecule has 1 heterocycles. The maximum absolute atomic E-state index is 5.70. The van der Waals surface area contributed by atoms with Crippen LogP contribution in [0.1, 0.15) is 13.3 Å². The molecule has 1 fully saturated rings. The average Bonchev–Trinajstić information content (AvgIpc) is 2.33. The first-order chi connectivity index (χ1) is 8.33. The van der Waals surface area contributed by atoms with Gasteiger partial charge in [0, 0.05) is 33.4 Å². The second kappa shape index (κ2) is 9.79. The third kappa shape index (κ3) is 7.68. The van der Waals surface area contributed by atoms with E-state index in [0.29, 0.717) is 19.8 Å². The number of hydrogen-bond acceptors (Lipinski definition) is 5. The Labute approximate surface area is 104 Å². The van der Waals surface area contributed by atoms with Gasteiger partial charge in [-0.25, -0.2) is 0 Å². The molecule has 5 heteroatoms. The number of morpholine rings is 1. The topological polar surface area (TPSA) is 49.0 Å². The molecule has 0 aromatic rings. The summed E-state index contributed by atoms with van der Waals surface area (Å²) in [5.74, 6) is 0. The molecular weight excluding hydrogens is 222 g/mol. The highest BCUT2D eigenvalue weighted by Crippen LogP contribution is 2.03. The normalized spacial score (nSPS) is 25.1. The molecule has 2 unspecified atom stereocenters. The van der Waals surface area contributed by atoms with Crippen LogP contribution in [0.25, 0.3) is 0 Å². The van der Waals surface area contributed by atoms with Gasteiger partial charge in [-0.05, 0) is 13.3 Å². The minimum absolute atomic E-state index is 0.173. The van der Waals surface area contributed by atoms with Crippen LogP contribution in [0.5, 0.6) is 0 Å². The van der Waals surface area contributed by atoms with Crippen molar-refractivity contribution in [3.8, 4) is 0 Å². The van der Waals surface area contributed by atoms with Crippen molar-refractivity contribution in [1.29, 1.82) is 0 Å². The maximum Gasteiger partial charge on any atom is 0.0936 e. The first kappa shape index (κ1) is 14.9. The Morgan fingerprint density at radius 1 is 1.12 bits per heavy atom. The van der Waals surface area contributed by atoms with Crippen molar-refractivity contribution < 1.29 is 18.9 Å². The van der Waals surface area contributed by atoms with E-state index in [1.54, 1.807) is 7.11 Å². The van der Waals surface area contributed by atoms with Gasteiger partial charge in [-0.2, -0.15) is 0 Å². The van der Waals surface area contributed by atoms with Crippen molar-refractivity contribution in [3.63, 3.8) is 0 Å². The number of hydrogen-bond donors (Lipinski definition) is 1. The molecule has 1 saturated heterocycles. The molecule has 102 valence electrons. The third-order valence-electron chi connectivity index (χ3n) is 2.54. The molecule has 0 bridgehead atoms. The van der Waals surface area contributed by atoms with E-state index in [-0.39, 0.29) is 12.2 Å². The number of nitrogens with one attached hydrogen (secondary N) is 1. The van der Waals surface area contributed by atoms with Crippen molar-refractivity contribution in [2.24, 2.45) is 0 Å². The first-order valence-electron chi connectivity index (χ1n) is 6.33. The molecule has 1 N–H and O–H groups in total. The van der Waals surface area contributed by atoms with E-state index >= 15 is 0 Å². The van der Waals surface area contributed by atoms with Gasteiger partial charge in [0.05, 0.1) is 32.0 Å². The van der Waals surface area contributed by atoms with Crippen LogP contribution in [0.15, 0.2) is 0 Å². The Morgan fingerprint density at radius 3 is 2.71 bits per heavy atom. The quantitative estimate of drug-likeness (QED) is 0.599. The lowest BCUT2D eigenvalue weighted by Gasteiger charge is -2.28. The van der Waals surface area contributed by atoms with Gasteiger partial charge in [0.15, 0.2) is 0 Å². The molecular formula is C12H25NO4. The summed E-state index contributed by atoms with van der Waals surface area (Å²) in [4.78, 5) is 0. The lowest BCUT2D eigenvalue weighted by molar-refractivity contribution is -0.0749. The van der Waals surface area contributed by atoms with E-state index in [2.05, 4.69) is 12.2 Å². The third-order valence-corrected chi connectivity index (χ3v) is 2.54. The minimum Gasteiger partial charge on any atom is -0.385 e. The summed E-state index contributed by atoms with van der Waals surface area (Å²) < 4.78 is 21.5. The van der Waals surface area contributed by atoms with Gasteiger partial charge in [0.25, 0.3) is 0 Å². The summed E-state index contributed by atoms with van der Waals surface area (Å²) in [7, 11) is 1.70. The van der Waals surface area contributed by atoms with Crippen molar-refractivity contribution >= 4 is 0 Å². The predicted octanol–water partition coefficient (Wildman–Crippen LogP) is 0.433. The van der Waals surface area contributed by atoms with Crippen LogP contribution < -0.4 is 5.32 Å². The highest BCUT2D eigenvalue weighted by Gasteiger charge is 2.18. The van der Waals surface area contributed by atoms with E-state index in [1.807, 2.05) is 0 Å². The van der Waals surface area contributed by atoms with Crippen LogP contribution in [0, 0.1) is 0 Å². The average molecular weight is 247 g/mol. The monoisotopic (exact) mass is 247 g/mol. The Bertz CT molecular complexity index is 180. The highest BCUT2D eigenvalue weighted by molar-refractivity contribution is 4.71. The molecule has 1 rings (SSSR count). The van der Waals surface area contributed by atoms with Gasteiger partial charge < -0.3 is 24.3 Å². The second-order valence-corrected chi connectivity index (χ2v) is 4.26. The molecule has 17 heavy (non-hydrogen) atoms. The fraction of sp³-hybridized carbons (Fsp3) is 1.00. The summed E-state index contributed by atoms with van der Waals surface area (Å²) in [6.45, 7) is 7.26. The van der Waals surface area contributed by atoms with E-state index in [1.165, 1.54) is 0 Å². The van der Waals surface area contributed by atoms with Gasteiger partial charge in [0.1, 0.15) is 0 Å². The van der Waals surface area contributed by atoms with Gasteiger partial charge >= 0.3 is 0 Å². The molecule has 1 aliphatic heterocycles. The van der Waals surface area contributed by atoms with Crippen molar-refractivity contribution in [1.82, 2.24) is 5.32 Å². The van der Waals surface area contributed by atoms with Gasteiger partial charge in [-0.1, -0.05) is 0 Å². The summed E-state index contributed by atoms with van der Waals surface area (Å²) in [6, 6.07) is 0. The maximum atomic E-state index is 5.70. The van der Waals surface area contributed by atoms with Gasteiger partial charge in [-0.15, -0.1) is 0 Å². The van der Waals surface area contributed by atoms with Crippen LogP contribution in [-0.4, -0.2) is 65.4 Å². The Balaban J connectivity index is 1.83. The van der Waals surface area contributed by atoms with Gasteiger partial charge in [-0.3, -0.25) is 0 Å². The largest absolute Gasteiger partial charge is 0.385 e. The fourth-order valence-corrected chi connectivity index (χ4v) is 1.71. The summed E-state index contributed by atoms with van der Waals surface area (Å²) in [5, 5.41) is 3.31. The molecule has 2 atom stereocenters. The number of methoxy groups -OCH3 is 1. The zero-order valence-corrected chi connectivity index (χ0v) is 10.9. The summed E-state index contributed by atoms with van der Waals surface area (Å²) >= 11 is 0. The van der Waals surface area contributed by atoms with E-state index in [9.17, 15) is 0 Å². The van der Waals surface area contributed by atoms with E-state index in [0.717, 1.165) is 32.7 Å². The molecule has 0 amide bonds. The van der Waals surface area contributed by atoms with Crippen LogP contribution in [0.2, 0.25) is 0 Å². The lowest BCUT2D eigenvalue weighted by Crippen LogP contribution is -2.45. The molecule has 0 aromatic heterocycles. The summed E-state index contributed by atoms with van der Waals surface area (Å²) in [5.41, 5.74) is 0. The van der Waals surface area contributed by atoms with Crippen LogP contribution in [0.3, 0.4) is 0 Å². The molecule has 0 aromatic carbocycles. The van der Waals surface area contributed by atoms with Crippen LogP contribution >= 0.6 is 0 Å². The molecule has 5 nitrogen and oxygen atoms in total. The first-order valence-corrected chi connectivity index (χ1v) is 6.33.